The van der Waals surface area contributed by atoms with Gasteiger partial charge in [-0.05, 0) is 0 Å². The van der Waals surface area contributed by atoms with Gasteiger partial charge in [-0.3, -0.25) is 0 Å². The maximum atomic E-state index is 5.01. The molecule has 44 valence electrons. The van der Waals surface area contributed by atoms with Crippen molar-refractivity contribution < 1.29 is 24.2 Å². The predicted molar refractivity (Wildman–Crippen MR) is 23.7 cm³/mol. The van der Waals surface area contributed by atoms with Crippen LogP contribution in [0, 0.1) is 0 Å². The van der Waals surface area contributed by atoms with Gasteiger partial charge >= 0.3 is 0 Å². The largest absolute Gasteiger partial charge is 0.379 e. The maximum Gasteiger partial charge on any atom is 0.0591 e. The minimum absolute atomic E-state index is 0. The first kappa shape index (κ1) is 7.54. The van der Waals surface area contributed by atoms with Crippen molar-refractivity contribution in [2.45, 2.75) is 0 Å². The quantitative estimate of drug-likeness (QED) is 0.522. The van der Waals surface area contributed by atoms with Crippen LogP contribution < -0.4 is 5.32 Å². The minimum atomic E-state index is 0. The van der Waals surface area contributed by atoms with Crippen LogP contribution in [0.2, 0.25) is 0 Å². The molecule has 0 aliphatic carbocycles. The standard InChI is InChI=1S/C4H9NO.Ru/c1-3-6-4-2-5-1;/h5H,1-4H2;. The van der Waals surface area contributed by atoms with Gasteiger partial charge in [0.15, 0.2) is 0 Å². The molecule has 0 spiro atoms. The molecule has 0 aromatic rings. The Labute approximate surface area is 56.4 Å². The summed E-state index contributed by atoms with van der Waals surface area (Å²) in [5.74, 6) is 0. The van der Waals surface area contributed by atoms with Crippen LogP contribution in [-0.2, 0) is 24.2 Å². The van der Waals surface area contributed by atoms with E-state index in [1.54, 1.807) is 0 Å². The molecule has 0 bridgehead atoms. The van der Waals surface area contributed by atoms with E-state index in [9.17, 15) is 0 Å². The van der Waals surface area contributed by atoms with Crippen molar-refractivity contribution in [3.05, 3.63) is 0 Å². The zero-order valence-corrected chi connectivity index (χ0v) is 5.83. The summed E-state index contributed by atoms with van der Waals surface area (Å²) in [5, 5.41) is 3.16. The molecule has 0 aromatic carbocycles. The van der Waals surface area contributed by atoms with E-state index in [0.29, 0.717) is 0 Å². The summed E-state index contributed by atoms with van der Waals surface area (Å²) in [5.41, 5.74) is 0. The van der Waals surface area contributed by atoms with E-state index >= 15 is 0 Å². The Bertz CT molecular complexity index is 27.2. The van der Waals surface area contributed by atoms with Crippen LogP contribution in [0.1, 0.15) is 0 Å². The number of nitrogens with one attached hydrogen (secondary N) is 1. The van der Waals surface area contributed by atoms with Gasteiger partial charge in [-0.25, -0.2) is 0 Å². The molecule has 3 heteroatoms. The van der Waals surface area contributed by atoms with Gasteiger partial charge in [0.1, 0.15) is 0 Å². The van der Waals surface area contributed by atoms with E-state index in [-0.39, 0.29) is 19.5 Å². The number of ether oxygens (including phenoxy) is 1. The molecule has 0 atom stereocenters. The second kappa shape index (κ2) is 4.70. The van der Waals surface area contributed by atoms with Crippen molar-refractivity contribution in [3.63, 3.8) is 0 Å². The first-order chi connectivity index (χ1) is 3.00. The fraction of sp³-hybridized carbons (Fsp3) is 1.00. The monoisotopic (exact) mass is 189 g/mol. The zero-order valence-electron chi connectivity index (χ0n) is 4.09. The molecule has 7 heavy (non-hydrogen) atoms. The van der Waals surface area contributed by atoms with Gasteiger partial charge < -0.3 is 10.1 Å². The van der Waals surface area contributed by atoms with Crippen molar-refractivity contribution in [1.82, 2.24) is 5.32 Å². The van der Waals surface area contributed by atoms with Gasteiger partial charge in [0.2, 0.25) is 0 Å². The Hall–Kier alpha value is 0.543. The average Bonchev–Trinajstić information content (AvgIpc) is 1.72. The molecule has 1 fully saturated rings. The molecule has 1 N–H and O–H groups in total. The molecule has 0 aromatic heterocycles. The average molecular weight is 188 g/mol. The van der Waals surface area contributed by atoms with Crippen LogP contribution in [0.3, 0.4) is 0 Å². The van der Waals surface area contributed by atoms with Crippen LogP contribution in [0.15, 0.2) is 0 Å². The maximum absolute atomic E-state index is 5.01. The van der Waals surface area contributed by atoms with Crippen molar-refractivity contribution in [1.29, 1.82) is 0 Å². The molecule has 0 amide bonds. The smallest absolute Gasteiger partial charge is 0.0591 e. The molecule has 1 rings (SSSR count). The van der Waals surface area contributed by atoms with E-state index in [1.807, 2.05) is 0 Å². The van der Waals surface area contributed by atoms with E-state index in [4.69, 9.17) is 4.74 Å². The summed E-state index contributed by atoms with van der Waals surface area (Å²) in [4.78, 5) is 0. The Morgan fingerprint density at radius 1 is 1.14 bits per heavy atom. The number of rotatable bonds is 0. The molecule has 0 unspecified atom stereocenters. The summed E-state index contributed by atoms with van der Waals surface area (Å²) in [6, 6.07) is 0. The summed E-state index contributed by atoms with van der Waals surface area (Å²) in [6.45, 7) is 3.83. The van der Waals surface area contributed by atoms with Gasteiger partial charge in [0.25, 0.3) is 0 Å². The molecule has 1 saturated heterocycles. The van der Waals surface area contributed by atoms with Crippen LogP contribution in [-0.4, -0.2) is 26.3 Å². The van der Waals surface area contributed by atoms with Crippen LogP contribution >= 0.6 is 0 Å². The second-order valence-electron chi connectivity index (χ2n) is 1.36. The Kier molecular flexibility index (Phi) is 5.06. The van der Waals surface area contributed by atoms with Gasteiger partial charge in [0, 0.05) is 32.6 Å². The molecular formula is C4H9NORu. The van der Waals surface area contributed by atoms with E-state index in [1.165, 1.54) is 0 Å². The van der Waals surface area contributed by atoms with Crippen molar-refractivity contribution in [2.75, 3.05) is 26.3 Å². The molecule has 1 aliphatic rings. The zero-order chi connectivity index (χ0) is 4.24. The topological polar surface area (TPSA) is 21.3 Å². The fourth-order valence-electron chi connectivity index (χ4n) is 0.516. The summed E-state index contributed by atoms with van der Waals surface area (Å²) in [7, 11) is 0. The van der Waals surface area contributed by atoms with Crippen molar-refractivity contribution >= 4 is 0 Å². The SMILES string of the molecule is C1COCCN1.[Ru]. The normalized spacial score (nSPS) is 20.6. The fourth-order valence-corrected chi connectivity index (χ4v) is 0.516. The van der Waals surface area contributed by atoms with Gasteiger partial charge in [-0.1, -0.05) is 0 Å². The second-order valence-corrected chi connectivity index (χ2v) is 1.36. The number of hydrogen-bond donors (Lipinski definition) is 1. The minimum Gasteiger partial charge on any atom is -0.379 e. The summed E-state index contributed by atoms with van der Waals surface area (Å²) in [6.07, 6.45) is 0. The van der Waals surface area contributed by atoms with E-state index < -0.39 is 0 Å². The van der Waals surface area contributed by atoms with Crippen LogP contribution in [0.4, 0.5) is 0 Å². The molecule has 1 heterocycles. The summed E-state index contributed by atoms with van der Waals surface area (Å²) >= 11 is 0. The molecule has 1 aliphatic heterocycles. The van der Waals surface area contributed by atoms with E-state index in [2.05, 4.69) is 5.32 Å². The van der Waals surface area contributed by atoms with Crippen LogP contribution in [0.25, 0.3) is 0 Å². The third-order valence-corrected chi connectivity index (χ3v) is 0.846. The Morgan fingerprint density at radius 2 is 1.71 bits per heavy atom. The van der Waals surface area contributed by atoms with Crippen molar-refractivity contribution in [3.8, 4) is 0 Å². The number of hydrogen-bond acceptors (Lipinski definition) is 2. The number of morpholine rings is 1. The van der Waals surface area contributed by atoms with E-state index in [0.717, 1.165) is 26.3 Å². The van der Waals surface area contributed by atoms with Gasteiger partial charge in [0.05, 0.1) is 13.2 Å². The molecular weight excluding hydrogens is 179 g/mol. The van der Waals surface area contributed by atoms with Crippen LogP contribution in [0.5, 0.6) is 0 Å². The summed E-state index contributed by atoms with van der Waals surface area (Å²) < 4.78 is 5.01. The third-order valence-electron chi connectivity index (χ3n) is 0.846. The Morgan fingerprint density at radius 3 is 1.86 bits per heavy atom. The molecule has 0 radical (unpaired) electrons. The van der Waals surface area contributed by atoms with Gasteiger partial charge in [-0.2, -0.15) is 0 Å². The Balaban J connectivity index is 0.000000360. The predicted octanol–water partition coefficient (Wildman–Crippen LogP) is -0.396. The molecule has 2 nitrogen and oxygen atoms in total. The first-order valence-electron chi connectivity index (χ1n) is 2.28. The van der Waals surface area contributed by atoms with Crippen molar-refractivity contribution in [2.24, 2.45) is 0 Å². The van der Waals surface area contributed by atoms with Gasteiger partial charge in [-0.15, -0.1) is 0 Å². The molecule has 0 saturated carbocycles. The first-order valence-corrected chi connectivity index (χ1v) is 2.28. The third kappa shape index (κ3) is 3.15.